The van der Waals surface area contributed by atoms with Crippen molar-refractivity contribution in [3.8, 4) is 0 Å². The molecule has 0 aromatic rings. The van der Waals surface area contributed by atoms with E-state index in [1.807, 2.05) is 0 Å². The van der Waals surface area contributed by atoms with E-state index in [0.717, 1.165) is 13.2 Å². The number of alkyl halides is 3. The van der Waals surface area contributed by atoms with Gasteiger partial charge >= 0.3 is 12.1 Å². The number of carbonyl (C=O) groups excluding carboxylic acids is 1. The predicted molar refractivity (Wildman–Crippen MR) is 38.1 cm³/mol. The summed E-state index contributed by atoms with van der Waals surface area (Å²) in [6.45, 7) is 2.00. The molecule has 0 N–H and O–H groups in total. The summed E-state index contributed by atoms with van der Waals surface area (Å²) in [7, 11) is 0.676. The fraction of sp³-hybridized carbons (Fsp3) is 0.857. The Kier molecular flexibility index (Phi) is 5.45. The number of methoxy groups -OCH3 is 1. The Morgan fingerprint density at radius 1 is 1.31 bits per heavy atom. The van der Waals surface area contributed by atoms with Gasteiger partial charge in [0, 0.05) is 13.2 Å². The molecular formula is C7H11F3O3. The minimum atomic E-state index is -4.85. The van der Waals surface area contributed by atoms with Crippen molar-refractivity contribution in [1.82, 2.24) is 0 Å². The second kappa shape index (κ2) is 5.80. The monoisotopic (exact) mass is 200 g/mol. The highest BCUT2D eigenvalue weighted by Gasteiger charge is 2.39. The lowest BCUT2D eigenvalue weighted by Crippen LogP contribution is -2.23. The van der Waals surface area contributed by atoms with Crippen molar-refractivity contribution in [2.75, 3.05) is 20.3 Å². The van der Waals surface area contributed by atoms with E-state index in [0.29, 0.717) is 7.11 Å². The van der Waals surface area contributed by atoms with Crippen molar-refractivity contribution in [2.24, 2.45) is 0 Å². The molecule has 3 nitrogen and oxygen atoms in total. The first kappa shape index (κ1) is 12.2. The van der Waals surface area contributed by atoms with Crippen LogP contribution in [-0.2, 0) is 14.3 Å². The van der Waals surface area contributed by atoms with E-state index in [1.165, 1.54) is 12.8 Å². The Bertz CT molecular complexity index is 144. The van der Waals surface area contributed by atoms with Crippen LogP contribution in [0.2, 0.25) is 0 Å². The summed E-state index contributed by atoms with van der Waals surface area (Å²) in [6.07, 6.45) is -2.30. The molecule has 0 aromatic heterocycles. The highest BCUT2D eigenvalue weighted by Crippen LogP contribution is 2.15. The average molecular weight is 200 g/mol. The first-order chi connectivity index (χ1) is 5.98. The molecule has 6 heteroatoms. The molecule has 0 bridgehead atoms. The van der Waals surface area contributed by atoms with Crippen molar-refractivity contribution in [3.05, 3.63) is 0 Å². The van der Waals surface area contributed by atoms with Gasteiger partial charge in [-0.1, -0.05) is 0 Å². The zero-order chi connectivity index (χ0) is 10.3. The lowest BCUT2D eigenvalue weighted by molar-refractivity contribution is -0.196. The molecule has 0 unspecified atom stereocenters. The van der Waals surface area contributed by atoms with Crippen molar-refractivity contribution in [1.29, 1.82) is 0 Å². The molecule has 0 spiro atoms. The Balaban J connectivity index is 0.000000243. The van der Waals surface area contributed by atoms with E-state index in [2.05, 4.69) is 4.74 Å². The Morgan fingerprint density at radius 2 is 1.77 bits per heavy atom. The maximum Gasteiger partial charge on any atom is 0.490 e. The molecule has 0 aliphatic carbocycles. The van der Waals surface area contributed by atoms with Gasteiger partial charge in [0.15, 0.2) is 0 Å². The molecule has 1 rings (SSSR count). The Labute approximate surface area is 73.8 Å². The lowest BCUT2D eigenvalue weighted by Gasteiger charge is -1.99. The number of esters is 1. The maximum absolute atomic E-state index is 11.0. The summed E-state index contributed by atoms with van der Waals surface area (Å²) < 4.78 is 41.2. The smallest absolute Gasteiger partial charge is 0.462 e. The van der Waals surface area contributed by atoms with Crippen LogP contribution in [0, 0.1) is 0 Å². The summed E-state index contributed by atoms with van der Waals surface area (Å²) in [5, 5.41) is 0. The number of carbonyl (C=O) groups is 1. The number of hydrogen-bond acceptors (Lipinski definition) is 3. The third-order valence-electron chi connectivity index (χ3n) is 1.24. The molecular weight excluding hydrogens is 189 g/mol. The summed E-state index contributed by atoms with van der Waals surface area (Å²) in [6, 6.07) is 0. The molecule has 1 fully saturated rings. The lowest BCUT2D eigenvalue weighted by atomic mass is 10.4. The minimum Gasteiger partial charge on any atom is -0.462 e. The van der Waals surface area contributed by atoms with Crippen molar-refractivity contribution in [2.45, 2.75) is 19.0 Å². The zero-order valence-corrected chi connectivity index (χ0v) is 7.19. The molecule has 0 amide bonds. The Hall–Kier alpha value is -0.780. The SMILES string of the molecule is C1CCOC1.COC(=O)C(F)(F)F. The van der Waals surface area contributed by atoms with Gasteiger partial charge in [0.05, 0.1) is 7.11 Å². The van der Waals surface area contributed by atoms with Crippen molar-refractivity contribution < 1.29 is 27.4 Å². The van der Waals surface area contributed by atoms with Crippen LogP contribution >= 0.6 is 0 Å². The molecule has 13 heavy (non-hydrogen) atoms. The molecule has 0 radical (unpaired) electrons. The predicted octanol–water partition coefficient (Wildman–Crippen LogP) is 1.52. The van der Waals surface area contributed by atoms with Crippen molar-refractivity contribution in [3.63, 3.8) is 0 Å². The second-order valence-electron chi connectivity index (χ2n) is 2.31. The fourth-order valence-electron chi connectivity index (χ4n) is 0.626. The summed E-state index contributed by atoms with van der Waals surface area (Å²) in [5.74, 6) is -2.17. The topological polar surface area (TPSA) is 35.5 Å². The first-order valence-corrected chi connectivity index (χ1v) is 3.71. The third-order valence-corrected chi connectivity index (χ3v) is 1.24. The van der Waals surface area contributed by atoms with Gasteiger partial charge in [0.1, 0.15) is 0 Å². The van der Waals surface area contributed by atoms with Gasteiger partial charge in [-0.05, 0) is 12.8 Å². The van der Waals surface area contributed by atoms with Gasteiger partial charge in [-0.2, -0.15) is 13.2 Å². The molecule has 78 valence electrons. The quantitative estimate of drug-likeness (QED) is 0.556. The molecule has 1 aliphatic rings. The van der Waals surface area contributed by atoms with Crippen LogP contribution in [0.1, 0.15) is 12.8 Å². The molecule has 1 heterocycles. The third kappa shape index (κ3) is 6.39. The van der Waals surface area contributed by atoms with Gasteiger partial charge in [-0.25, -0.2) is 4.79 Å². The van der Waals surface area contributed by atoms with Gasteiger partial charge < -0.3 is 9.47 Å². The second-order valence-corrected chi connectivity index (χ2v) is 2.31. The normalized spacial score (nSPS) is 16.0. The first-order valence-electron chi connectivity index (χ1n) is 3.71. The summed E-state index contributed by atoms with van der Waals surface area (Å²) in [4.78, 5) is 9.49. The van der Waals surface area contributed by atoms with Crippen LogP contribution in [0.4, 0.5) is 13.2 Å². The van der Waals surface area contributed by atoms with Gasteiger partial charge in [0.25, 0.3) is 0 Å². The molecule has 1 saturated heterocycles. The largest absolute Gasteiger partial charge is 0.490 e. The van der Waals surface area contributed by atoms with Crippen LogP contribution in [0.25, 0.3) is 0 Å². The molecule has 0 saturated carbocycles. The van der Waals surface area contributed by atoms with Crippen LogP contribution in [0.5, 0.6) is 0 Å². The van der Waals surface area contributed by atoms with Crippen LogP contribution in [0.3, 0.4) is 0 Å². The molecule has 0 atom stereocenters. The van der Waals surface area contributed by atoms with E-state index < -0.39 is 12.1 Å². The maximum atomic E-state index is 11.0. The highest BCUT2D eigenvalue weighted by molar-refractivity contribution is 5.75. The van der Waals surface area contributed by atoms with Crippen LogP contribution in [0.15, 0.2) is 0 Å². The number of halogens is 3. The standard InChI is InChI=1S/C4H8O.C3H3F3O2/c1-2-4-5-3-1;1-8-2(7)3(4,5)6/h1-4H2;1H3. The van der Waals surface area contributed by atoms with Crippen molar-refractivity contribution >= 4 is 5.97 Å². The average Bonchev–Trinajstić information content (AvgIpc) is 2.58. The fourth-order valence-corrected chi connectivity index (χ4v) is 0.626. The number of rotatable bonds is 0. The van der Waals surface area contributed by atoms with Crippen LogP contribution < -0.4 is 0 Å². The van der Waals surface area contributed by atoms with E-state index in [9.17, 15) is 18.0 Å². The van der Waals surface area contributed by atoms with Gasteiger partial charge in [0.2, 0.25) is 0 Å². The van der Waals surface area contributed by atoms with E-state index in [4.69, 9.17) is 4.74 Å². The number of ether oxygens (including phenoxy) is 2. The van der Waals surface area contributed by atoms with E-state index in [-0.39, 0.29) is 0 Å². The van der Waals surface area contributed by atoms with E-state index in [1.54, 1.807) is 0 Å². The number of hydrogen-bond donors (Lipinski definition) is 0. The van der Waals surface area contributed by atoms with Gasteiger partial charge in [-0.15, -0.1) is 0 Å². The zero-order valence-electron chi connectivity index (χ0n) is 7.19. The molecule has 1 aliphatic heterocycles. The minimum absolute atomic E-state index is 0.676. The van der Waals surface area contributed by atoms with E-state index >= 15 is 0 Å². The molecule has 0 aromatic carbocycles. The summed E-state index contributed by atoms with van der Waals surface area (Å²) >= 11 is 0. The van der Waals surface area contributed by atoms with Gasteiger partial charge in [-0.3, -0.25) is 0 Å². The highest BCUT2D eigenvalue weighted by atomic mass is 19.4. The Morgan fingerprint density at radius 3 is 1.85 bits per heavy atom. The summed E-state index contributed by atoms with van der Waals surface area (Å²) in [5.41, 5.74) is 0. The van der Waals surface area contributed by atoms with Crippen LogP contribution in [-0.4, -0.2) is 32.5 Å².